The van der Waals surface area contributed by atoms with Crippen molar-refractivity contribution in [2.45, 2.75) is 25.3 Å². The van der Waals surface area contributed by atoms with Crippen LogP contribution in [0.2, 0.25) is 0 Å². The van der Waals surface area contributed by atoms with Gasteiger partial charge >= 0.3 is 0 Å². The lowest BCUT2D eigenvalue weighted by atomic mass is 10.2. The van der Waals surface area contributed by atoms with Crippen molar-refractivity contribution in [1.29, 1.82) is 0 Å². The smallest absolute Gasteiger partial charge is 0.240 e. The summed E-state index contributed by atoms with van der Waals surface area (Å²) in [6.07, 6.45) is 1.74. The first-order valence-electron chi connectivity index (χ1n) is 5.45. The lowest BCUT2D eigenvalue weighted by Gasteiger charge is -2.05. The predicted molar refractivity (Wildman–Crippen MR) is 72.1 cm³/mol. The summed E-state index contributed by atoms with van der Waals surface area (Å²) in [5.74, 6) is 0. The third-order valence-corrected chi connectivity index (χ3v) is 4.74. The molecule has 0 aliphatic heterocycles. The van der Waals surface area contributed by atoms with Crippen molar-refractivity contribution < 1.29 is 8.42 Å². The highest BCUT2D eigenvalue weighted by Crippen LogP contribution is 2.13. The fourth-order valence-corrected chi connectivity index (χ4v) is 3.25. The van der Waals surface area contributed by atoms with Crippen LogP contribution in [-0.2, 0) is 16.6 Å². The van der Waals surface area contributed by atoms with Gasteiger partial charge in [-0.15, -0.1) is 11.3 Å². The Morgan fingerprint density at radius 1 is 1.22 bits per heavy atom. The van der Waals surface area contributed by atoms with Crippen LogP contribution in [0.1, 0.15) is 15.4 Å². The zero-order valence-electron chi connectivity index (χ0n) is 10.2. The van der Waals surface area contributed by atoms with Gasteiger partial charge in [-0.1, -0.05) is 17.7 Å². The minimum absolute atomic E-state index is 0.231. The van der Waals surface area contributed by atoms with E-state index in [2.05, 4.69) is 9.71 Å². The fourth-order valence-electron chi connectivity index (χ4n) is 1.44. The number of hydrogen-bond acceptors (Lipinski definition) is 4. The maximum Gasteiger partial charge on any atom is 0.240 e. The van der Waals surface area contributed by atoms with E-state index in [0.29, 0.717) is 0 Å². The van der Waals surface area contributed by atoms with Crippen molar-refractivity contribution in [2.24, 2.45) is 0 Å². The van der Waals surface area contributed by atoms with Crippen molar-refractivity contribution in [3.05, 3.63) is 45.9 Å². The van der Waals surface area contributed by atoms with Crippen LogP contribution in [-0.4, -0.2) is 13.4 Å². The molecule has 0 amide bonds. The van der Waals surface area contributed by atoms with Gasteiger partial charge in [0.25, 0.3) is 0 Å². The Bertz CT molecular complexity index is 630. The molecule has 0 aliphatic carbocycles. The van der Waals surface area contributed by atoms with Crippen molar-refractivity contribution in [3.63, 3.8) is 0 Å². The van der Waals surface area contributed by atoms with Gasteiger partial charge in [0.1, 0.15) is 5.01 Å². The topological polar surface area (TPSA) is 59.1 Å². The van der Waals surface area contributed by atoms with Gasteiger partial charge in [-0.2, -0.15) is 0 Å². The molecule has 0 aliphatic rings. The van der Waals surface area contributed by atoms with Crippen LogP contribution in [0.15, 0.2) is 35.4 Å². The molecule has 96 valence electrons. The third kappa shape index (κ3) is 3.16. The second-order valence-corrected chi connectivity index (χ2v) is 7.09. The molecule has 0 radical (unpaired) electrons. The Kier molecular flexibility index (Phi) is 3.79. The van der Waals surface area contributed by atoms with Crippen molar-refractivity contribution in [2.75, 3.05) is 0 Å². The Balaban J connectivity index is 2.10. The summed E-state index contributed by atoms with van der Waals surface area (Å²) < 4.78 is 26.5. The molecular formula is C12H14N2O2S2. The zero-order valence-corrected chi connectivity index (χ0v) is 11.8. The van der Waals surface area contributed by atoms with Crippen LogP contribution in [0.5, 0.6) is 0 Å². The maximum atomic E-state index is 12.0. The van der Waals surface area contributed by atoms with Crippen molar-refractivity contribution in [3.8, 4) is 0 Å². The SMILES string of the molecule is Cc1ccc(S(=O)(=O)NCc2ncc(C)s2)cc1. The Labute approximate surface area is 111 Å². The monoisotopic (exact) mass is 282 g/mol. The summed E-state index contributed by atoms with van der Waals surface area (Å²) in [7, 11) is -3.45. The van der Waals surface area contributed by atoms with Gasteiger partial charge in [-0.25, -0.2) is 18.1 Å². The third-order valence-electron chi connectivity index (χ3n) is 2.41. The summed E-state index contributed by atoms with van der Waals surface area (Å²) in [5, 5.41) is 0.767. The van der Waals surface area contributed by atoms with Crippen LogP contribution < -0.4 is 4.72 Å². The summed E-state index contributed by atoms with van der Waals surface area (Å²) >= 11 is 1.49. The number of benzene rings is 1. The van der Waals surface area contributed by atoms with E-state index in [1.807, 2.05) is 13.8 Å². The molecule has 6 heteroatoms. The average molecular weight is 282 g/mol. The molecular weight excluding hydrogens is 268 g/mol. The lowest BCUT2D eigenvalue weighted by molar-refractivity contribution is 0.581. The molecule has 4 nitrogen and oxygen atoms in total. The molecule has 2 aromatic rings. The molecule has 0 unspecified atom stereocenters. The summed E-state index contributed by atoms with van der Waals surface area (Å²) in [6.45, 7) is 4.09. The molecule has 18 heavy (non-hydrogen) atoms. The van der Waals surface area contributed by atoms with E-state index in [9.17, 15) is 8.42 Å². The molecule has 1 N–H and O–H groups in total. The van der Waals surface area contributed by atoms with Crippen molar-refractivity contribution >= 4 is 21.4 Å². The van der Waals surface area contributed by atoms with Crippen LogP contribution in [0.4, 0.5) is 0 Å². The van der Waals surface area contributed by atoms with Gasteiger partial charge in [0.15, 0.2) is 0 Å². The second-order valence-electron chi connectivity index (χ2n) is 4.00. The number of aromatic nitrogens is 1. The highest BCUT2D eigenvalue weighted by Gasteiger charge is 2.13. The predicted octanol–water partition coefficient (Wildman–Crippen LogP) is 2.24. The van der Waals surface area contributed by atoms with Gasteiger partial charge in [0.2, 0.25) is 10.0 Å². The minimum atomic E-state index is -3.45. The highest BCUT2D eigenvalue weighted by atomic mass is 32.2. The molecule has 1 aromatic carbocycles. The van der Waals surface area contributed by atoms with E-state index in [1.165, 1.54) is 11.3 Å². The van der Waals surface area contributed by atoms with Crippen LogP contribution in [0, 0.1) is 13.8 Å². The Hall–Kier alpha value is -1.24. The first-order valence-corrected chi connectivity index (χ1v) is 7.75. The van der Waals surface area contributed by atoms with Gasteiger partial charge < -0.3 is 0 Å². The van der Waals surface area contributed by atoms with Gasteiger partial charge in [0.05, 0.1) is 11.4 Å². The molecule has 0 atom stereocenters. The van der Waals surface area contributed by atoms with Gasteiger partial charge in [-0.05, 0) is 26.0 Å². The van der Waals surface area contributed by atoms with Gasteiger partial charge in [0, 0.05) is 11.1 Å². The van der Waals surface area contributed by atoms with Crippen LogP contribution in [0.25, 0.3) is 0 Å². The second kappa shape index (κ2) is 5.17. The molecule has 0 fully saturated rings. The van der Waals surface area contributed by atoms with Crippen LogP contribution in [0.3, 0.4) is 0 Å². The number of thiazole rings is 1. The lowest BCUT2D eigenvalue weighted by Crippen LogP contribution is -2.23. The van der Waals surface area contributed by atoms with Crippen molar-refractivity contribution in [1.82, 2.24) is 9.71 Å². The molecule has 1 aromatic heterocycles. The Morgan fingerprint density at radius 3 is 2.44 bits per heavy atom. The number of nitrogens with zero attached hydrogens (tertiary/aromatic N) is 1. The highest BCUT2D eigenvalue weighted by molar-refractivity contribution is 7.89. The normalized spacial score (nSPS) is 11.7. The van der Waals surface area contributed by atoms with E-state index >= 15 is 0 Å². The number of sulfonamides is 1. The van der Waals surface area contributed by atoms with E-state index in [1.54, 1.807) is 30.5 Å². The summed E-state index contributed by atoms with van der Waals surface area (Å²) in [4.78, 5) is 5.47. The number of nitrogens with one attached hydrogen (secondary N) is 1. The number of hydrogen-bond donors (Lipinski definition) is 1. The van der Waals surface area contributed by atoms with Crippen LogP contribution >= 0.6 is 11.3 Å². The van der Waals surface area contributed by atoms with E-state index in [0.717, 1.165) is 15.4 Å². The van der Waals surface area contributed by atoms with Gasteiger partial charge in [-0.3, -0.25) is 0 Å². The first-order chi connectivity index (χ1) is 8.47. The maximum absolute atomic E-state index is 12.0. The number of rotatable bonds is 4. The molecule has 0 saturated heterocycles. The molecule has 0 saturated carbocycles. The largest absolute Gasteiger partial charge is 0.248 e. The summed E-state index contributed by atoms with van der Waals surface area (Å²) in [6, 6.07) is 6.76. The molecule has 0 bridgehead atoms. The summed E-state index contributed by atoms with van der Waals surface area (Å²) in [5.41, 5.74) is 1.03. The molecule has 0 spiro atoms. The zero-order chi connectivity index (χ0) is 13.2. The standard InChI is InChI=1S/C12H14N2O2S2/c1-9-3-5-11(6-4-9)18(15,16)14-8-12-13-7-10(2)17-12/h3-7,14H,8H2,1-2H3. The fraction of sp³-hybridized carbons (Fsp3) is 0.250. The quantitative estimate of drug-likeness (QED) is 0.935. The average Bonchev–Trinajstić information content (AvgIpc) is 2.73. The number of aryl methyl sites for hydroxylation is 2. The minimum Gasteiger partial charge on any atom is -0.248 e. The molecule has 1 heterocycles. The van der Waals surface area contributed by atoms with E-state index < -0.39 is 10.0 Å². The van der Waals surface area contributed by atoms with E-state index in [4.69, 9.17) is 0 Å². The molecule has 2 rings (SSSR count). The first kappa shape index (κ1) is 13.2. The Morgan fingerprint density at radius 2 is 1.89 bits per heavy atom. The van der Waals surface area contributed by atoms with E-state index in [-0.39, 0.29) is 11.4 Å².